The molecule has 146 valence electrons. The van der Waals surface area contributed by atoms with Crippen molar-refractivity contribution in [3.05, 3.63) is 72.4 Å². The zero-order valence-corrected chi connectivity index (χ0v) is 15.9. The lowest BCUT2D eigenvalue weighted by Gasteiger charge is -2.29. The van der Waals surface area contributed by atoms with Crippen LogP contribution in [0.4, 0.5) is 9.52 Å². The van der Waals surface area contributed by atoms with Crippen molar-refractivity contribution in [3.8, 4) is 11.5 Å². The predicted molar refractivity (Wildman–Crippen MR) is 106 cm³/mol. The van der Waals surface area contributed by atoms with Crippen molar-refractivity contribution >= 4 is 32.6 Å². The average molecular weight is 410 g/mol. The number of fused-ring (bicyclic) bond motifs is 2. The van der Waals surface area contributed by atoms with Crippen molar-refractivity contribution < 1.29 is 23.1 Å². The Labute approximate surface area is 169 Å². The van der Waals surface area contributed by atoms with Crippen LogP contribution in [0.2, 0.25) is 0 Å². The van der Waals surface area contributed by atoms with Gasteiger partial charge in [-0.15, -0.1) is 0 Å². The van der Waals surface area contributed by atoms with E-state index in [1.54, 1.807) is 36.6 Å². The Bertz CT molecular complexity index is 1170. The Morgan fingerprint density at radius 1 is 1.17 bits per heavy atom. The summed E-state index contributed by atoms with van der Waals surface area (Å²) in [6.45, 7) is 0.264. The summed E-state index contributed by atoms with van der Waals surface area (Å²) in [5.41, 5.74) is 0.620. The fourth-order valence-corrected chi connectivity index (χ4v) is 4.11. The van der Waals surface area contributed by atoms with Crippen LogP contribution in [-0.2, 0) is 11.3 Å². The van der Waals surface area contributed by atoms with E-state index in [1.165, 1.54) is 28.4 Å². The Balaban J connectivity index is 1.49. The summed E-state index contributed by atoms with van der Waals surface area (Å²) in [6.07, 6.45) is 0.714. The number of ether oxygens (including phenoxy) is 2. The maximum Gasteiger partial charge on any atom is 0.273 e. The second-order valence-electron chi connectivity index (χ2n) is 6.48. The highest BCUT2D eigenvalue weighted by Gasteiger charge is 2.33. The van der Waals surface area contributed by atoms with Crippen LogP contribution in [0.25, 0.3) is 10.2 Å². The molecule has 5 rings (SSSR count). The SMILES string of the molecule is O=C(C1COc2ccccc2O1)N(Cc1ccco1)c1nc2ccc(F)cc2s1. The standard InChI is InChI=1S/C21H15FN2O4S/c22-13-7-8-15-19(10-13)29-21(23-15)24(11-14-4-3-9-26-14)20(25)18-12-27-16-5-1-2-6-17(16)28-18/h1-10,18H,11-12H2. The number of halogens is 1. The lowest BCUT2D eigenvalue weighted by molar-refractivity contribution is -0.127. The van der Waals surface area contributed by atoms with Gasteiger partial charge >= 0.3 is 0 Å². The topological polar surface area (TPSA) is 64.8 Å². The van der Waals surface area contributed by atoms with Gasteiger partial charge < -0.3 is 13.9 Å². The molecule has 8 heteroatoms. The minimum absolute atomic E-state index is 0.0873. The molecule has 0 aliphatic carbocycles. The zero-order valence-electron chi connectivity index (χ0n) is 15.1. The number of amides is 1. The van der Waals surface area contributed by atoms with Crippen molar-refractivity contribution in [2.24, 2.45) is 0 Å². The van der Waals surface area contributed by atoms with Crippen molar-refractivity contribution in [3.63, 3.8) is 0 Å². The fourth-order valence-electron chi connectivity index (χ4n) is 3.11. The molecule has 1 aliphatic rings. The number of furan rings is 1. The van der Waals surface area contributed by atoms with Crippen LogP contribution in [0.3, 0.4) is 0 Å². The maximum absolute atomic E-state index is 13.6. The summed E-state index contributed by atoms with van der Waals surface area (Å²) in [5.74, 6) is 1.06. The van der Waals surface area contributed by atoms with Crippen LogP contribution in [0.15, 0.2) is 65.3 Å². The minimum atomic E-state index is -0.830. The number of hydrogen-bond acceptors (Lipinski definition) is 6. The van der Waals surface area contributed by atoms with Gasteiger partial charge in [-0.2, -0.15) is 0 Å². The number of thiazole rings is 1. The van der Waals surface area contributed by atoms with Gasteiger partial charge in [0.25, 0.3) is 5.91 Å². The summed E-state index contributed by atoms with van der Waals surface area (Å²) in [4.78, 5) is 19.4. The van der Waals surface area contributed by atoms with E-state index in [4.69, 9.17) is 13.9 Å². The highest BCUT2D eigenvalue weighted by atomic mass is 32.1. The molecule has 0 N–H and O–H groups in total. The second-order valence-corrected chi connectivity index (χ2v) is 7.49. The van der Waals surface area contributed by atoms with Gasteiger partial charge in [0, 0.05) is 0 Å². The summed E-state index contributed by atoms with van der Waals surface area (Å²) in [7, 11) is 0. The smallest absolute Gasteiger partial charge is 0.273 e. The molecular formula is C21H15FN2O4S. The van der Waals surface area contributed by atoms with Crippen molar-refractivity contribution in [1.82, 2.24) is 4.98 Å². The van der Waals surface area contributed by atoms with Crippen molar-refractivity contribution in [2.45, 2.75) is 12.6 Å². The number of aromatic nitrogens is 1. The Kier molecular flexibility index (Phi) is 4.40. The van der Waals surface area contributed by atoms with E-state index in [2.05, 4.69) is 4.98 Å². The van der Waals surface area contributed by atoms with E-state index in [1.807, 2.05) is 12.1 Å². The number of anilines is 1. The van der Waals surface area contributed by atoms with Gasteiger partial charge in [0.1, 0.15) is 18.2 Å². The zero-order chi connectivity index (χ0) is 19.8. The molecule has 29 heavy (non-hydrogen) atoms. The predicted octanol–water partition coefficient (Wildman–Crippen LogP) is 4.40. The highest BCUT2D eigenvalue weighted by molar-refractivity contribution is 7.22. The normalized spacial score (nSPS) is 15.4. The summed E-state index contributed by atoms with van der Waals surface area (Å²) in [6, 6.07) is 15.1. The largest absolute Gasteiger partial charge is 0.485 e. The van der Waals surface area contributed by atoms with Gasteiger partial charge in [0.15, 0.2) is 16.6 Å². The number of carbonyl (C=O) groups excluding carboxylic acids is 1. The monoisotopic (exact) mass is 410 g/mol. The molecule has 0 fully saturated rings. The van der Waals surface area contributed by atoms with E-state index < -0.39 is 6.10 Å². The lowest BCUT2D eigenvalue weighted by Crippen LogP contribution is -2.46. The lowest BCUT2D eigenvalue weighted by atomic mass is 10.2. The second kappa shape index (κ2) is 7.21. The number of hydrogen-bond donors (Lipinski definition) is 0. The molecule has 2 aromatic heterocycles. The number of carbonyl (C=O) groups is 1. The molecule has 3 heterocycles. The van der Waals surface area contributed by atoms with Crippen LogP contribution in [-0.4, -0.2) is 23.6 Å². The Morgan fingerprint density at radius 2 is 2.03 bits per heavy atom. The van der Waals surface area contributed by atoms with Crippen LogP contribution in [0.5, 0.6) is 11.5 Å². The van der Waals surface area contributed by atoms with Gasteiger partial charge in [-0.25, -0.2) is 9.37 Å². The molecule has 1 aliphatic heterocycles. The number of para-hydroxylation sites is 2. The molecule has 0 saturated carbocycles. The van der Waals surface area contributed by atoms with Crippen molar-refractivity contribution in [2.75, 3.05) is 11.5 Å². The molecule has 0 spiro atoms. The molecule has 0 saturated heterocycles. The summed E-state index contributed by atoms with van der Waals surface area (Å²) < 4.78 is 31.2. The molecule has 1 amide bonds. The van der Waals surface area contributed by atoms with E-state index in [0.29, 0.717) is 32.6 Å². The molecule has 0 radical (unpaired) electrons. The fraction of sp³-hybridized carbons (Fsp3) is 0.143. The summed E-state index contributed by atoms with van der Waals surface area (Å²) >= 11 is 1.24. The molecule has 0 bridgehead atoms. The first kappa shape index (κ1) is 17.7. The third-order valence-electron chi connectivity index (χ3n) is 4.51. The third-order valence-corrected chi connectivity index (χ3v) is 5.56. The van der Waals surface area contributed by atoms with Crippen molar-refractivity contribution in [1.29, 1.82) is 0 Å². The highest BCUT2D eigenvalue weighted by Crippen LogP contribution is 2.34. The van der Waals surface area contributed by atoms with E-state index in [-0.39, 0.29) is 24.9 Å². The van der Waals surface area contributed by atoms with Crippen LogP contribution >= 0.6 is 11.3 Å². The summed E-state index contributed by atoms with van der Waals surface area (Å²) in [5, 5.41) is 0.439. The van der Waals surface area contributed by atoms with Gasteiger partial charge in [-0.3, -0.25) is 9.69 Å². The molecule has 1 unspecified atom stereocenters. The number of benzene rings is 2. The van der Waals surface area contributed by atoms with E-state index >= 15 is 0 Å². The van der Waals surface area contributed by atoms with Gasteiger partial charge in [-0.05, 0) is 42.5 Å². The first-order valence-corrected chi connectivity index (χ1v) is 9.77. The average Bonchev–Trinajstić information content (AvgIpc) is 3.40. The molecular weight excluding hydrogens is 395 g/mol. The molecule has 4 aromatic rings. The van der Waals surface area contributed by atoms with E-state index in [9.17, 15) is 9.18 Å². The first-order valence-electron chi connectivity index (χ1n) is 8.96. The molecule has 2 aromatic carbocycles. The Morgan fingerprint density at radius 3 is 2.86 bits per heavy atom. The molecule has 1 atom stereocenters. The Hall–Kier alpha value is -3.39. The van der Waals surface area contributed by atoms with E-state index in [0.717, 1.165) is 0 Å². The minimum Gasteiger partial charge on any atom is -0.485 e. The molecule has 6 nitrogen and oxygen atoms in total. The number of rotatable bonds is 4. The van der Waals surface area contributed by atoms with Gasteiger partial charge in [0.05, 0.1) is 23.0 Å². The number of nitrogens with zero attached hydrogens (tertiary/aromatic N) is 2. The maximum atomic E-state index is 13.6. The van der Waals surface area contributed by atoms with Gasteiger partial charge in [0.2, 0.25) is 6.10 Å². The quantitative estimate of drug-likeness (QED) is 0.499. The van der Waals surface area contributed by atoms with Crippen LogP contribution < -0.4 is 14.4 Å². The third kappa shape index (κ3) is 3.42. The van der Waals surface area contributed by atoms with Crippen LogP contribution in [0.1, 0.15) is 5.76 Å². The van der Waals surface area contributed by atoms with Crippen LogP contribution in [0, 0.1) is 5.82 Å². The van der Waals surface area contributed by atoms with Gasteiger partial charge in [-0.1, -0.05) is 23.5 Å². The first-order chi connectivity index (χ1) is 14.2.